The Labute approximate surface area is 98.3 Å². The van der Waals surface area contributed by atoms with Gasteiger partial charge in [0.25, 0.3) is 5.91 Å². The quantitative estimate of drug-likeness (QED) is 0.341. The Morgan fingerprint density at radius 3 is 2.88 bits per heavy atom. The van der Waals surface area contributed by atoms with E-state index in [4.69, 9.17) is 10.6 Å². The van der Waals surface area contributed by atoms with Crippen LogP contribution in [0, 0.1) is 0 Å². The van der Waals surface area contributed by atoms with E-state index >= 15 is 0 Å². The molecule has 0 aromatic rings. The van der Waals surface area contributed by atoms with Crippen LogP contribution >= 0.6 is 0 Å². The van der Waals surface area contributed by atoms with E-state index in [0.717, 1.165) is 0 Å². The zero-order chi connectivity index (χ0) is 12.7. The lowest BCUT2D eigenvalue weighted by molar-refractivity contribution is -0.119. The molecule has 0 unspecified atom stereocenters. The fourth-order valence-electron chi connectivity index (χ4n) is 1.21. The first-order valence-corrected chi connectivity index (χ1v) is 5.13. The van der Waals surface area contributed by atoms with Crippen molar-refractivity contribution in [1.29, 1.82) is 0 Å². The number of ether oxygens (including phenoxy) is 1. The van der Waals surface area contributed by atoms with Crippen molar-refractivity contribution in [3.63, 3.8) is 0 Å². The lowest BCUT2D eigenvalue weighted by Crippen LogP contribution is -2.38. The number of allylic oxidation sites excluding steroid dienone is 1. The first kappa shape index (κ1) is 13.2. The molecule has 1 rings (SSSR count). The molecule has 0 aromatic heterocycles. The number of hydrogen-bond donors (Lipinski definition) is 4. The SMILES string of the molecule is NN/C1=C(/O)C(=O)/C=C\CCOCCNC1=O. The summed E-state index contributed by atoms with van der Waals surface area (Å²) in [6, 6.07) is 0. The number of nitrogens with one attached hydrogen (secondary N) is 2. The third kappa shape index (κ3) is 3.89. The number of rotatable bonds is 1. The number of hydrogen-bond acceptors (Lipinski definition) is 6. The van der Waals surface area contributed by atoms with Crippen molar-refractivity contribution >= 4 is 11.7 Å². The normalized spacial score (nSPS) is 25.5. The number of carbonyl (C=O) groups is 2. The standard InChI is InChI=1S/C10H15N3O4/c11-13-8-9(15)7(14)3-1-2-5-17-6-4-12-10(8)16/h1,3,13,15H,2,4-6,11H2,(H,12,16)/b3-1-,9-8+. The van der Waals surface area contributed by atoms with Gasteiger partial charge in [-0.2, -0.15) is 0 Å². The molecule has 0 saturated carbocycles. The molecular weight excluding hydrogens is 226 g/mol. The molecular formula is C10H15N3O4. The minimum atomic E-state index is -0.706. The third-order valence-corrected chi connectivity index (χ3v) is 2.07. The van der Waals surface area contributed by atoms with E-state index < -0.39 is 17.4 Å². The number of hydrazine groups is 1. The molecule has 7 heteroatoms. The van der Waals surface area contributed by atoms with Crippen LogP contribution in [0.2, 0.25) is 0 Å². The lowest BCUT2D eigenvalue weighted by atomic mass is 10.2. The molecule has 1 amide bonds. The largest absolute Gasteiger partial charge is 0.503 e. The second kappa shape index (κ2) is 6.66. The third-order valence-electron chi connectivity index (χ3n) is 2.07. The van der Waals surface area contributed by atoms with Crippen LogP contribution in [0.4, 0.5) is 0 Å². The van der Waals surface area contributed by atoms with Gasteiger partial charge in [0.1, 0.15) is 0 Å². The predicted molar refractivity (Wildman–Crippen MR) is 59.6 cm³/mol. The summed E-state index contributed by atoms with van der Waals surface area (Å²) in [7, 11) is 0. The van der Waals surface area contributed by atoms with Gasteiger partial charge in [-0.25, -0.2) is 0 Å². The highest BCUT2D eigenvalue weighted by Crippen LogP contribution is 2.01. The molecule has 1 aliphatic rings. The highest BCUT2D eigenvalue weighted by molar-refractivity contribution is 6.08. The van der Waals surface area contributed by atoms with E-state index in [-0.39, 0.29) is 12.2 Å². The van der Waals surface area contributed by atoms with Crippen molar-refractivity contribution < 1.29 is 19.4 Å². The Morgan fingerprint density at radius 2 is 2.18 bits per heavy atom. The molecule has 17 heavy (non-hydrogen) atoms. The van der Waals surface area contributed by atoms with Crippen LogP contribution in [0.25, 0.3) is 0 Å². The average Bonchev–Trinajstić information content (AvgIpc) is 2.31. The zero-order valence-electron chi connectivity index (χ0n) is 9.23. The second-order valence-electron chi connectivity index (χ2n) is 3.29. The number of aliphatic hydroxyl groups excluding tert-OH is 1. The van der Waals surface area contributed by atoms with Gasteiger partial charge in [0.05, 0.1) is 13.2 Å². The zero-order valence-corrected chi connectivity index (χ0v) is 9.23. The molecule has 0 saturated heterocycles. The molecule has 0 atom stereocenters. The molecule has 94 valence electrons. The fourth-order valence-corrected chi connectivity index (χ4v) is 1.21. The smallest absolute Gasteiger partial charge is 0.272 e. The van der Waals surface area contributed by atoms with Crippen molar-refractivity contribution in [1.82, 2.24) is 10.7 Å². The predicted octanol–water partition coefficient (Wildman–Crippen LogP) is -1.12. The van der Waals surface area contributed by atoms with Crippen LogP contribution < -0.4 is 16.6 Å². The van der Waals surface area contributed by atoms with Crippen LogP contribution in [-0.4, -0.2) is 36.6 Å². The summed E-state index contributed by atoms with van der Waals surface area (Å²) in [5.41, 5.74) is 1.65. The molecule has 0 aromatic carbocycles. The van der Waals surface area contributed by atoms with E-state index in [9.17, 15) is 14.7 Å². The molecule has 1 heterocycles. The Balaban J connectivity index is 2.93. The van der Waals surface area contributed by atoms with E-state index in [1.54, 1.807) is 6.08 Å². The van der Waals surface area contributed by atoms with Gasteiger partial charge in [-0.05, 0) is 12.5 Å². The number of nitrogens with two attached hydrogens (primary N) is 1. The molecule has 7 nitrogen and oxygen atoms in total. The summed E-state index contributed by atoms with van der Waals surface area (Å²) >= 11 is 0. The van der Waals surface area contributed by atoms with Crippen molar-refractivity contribution in [3.8, 4) is 0 Å². The Bertz CT molecular complexity index is 363. The van der Waals surface area contributed by atoms with Gasteiger partial charge in [-0.15, -0.1) is 0 Å². The minimum Gasteiger partial charge on any atom is -0.503 e. The van der Waals surface area contributed by atoms with Crippen LogP contribution in [0.1, 0.15) is 6.42 Å². The molecule has 1 aliphatic heterocycles. The van der Waals surface area contributed by atoms with Crippen LogP contribution in [-0.2, 0) is 14.3 Å². The summed E-state index contributed by atoms with van der Waals surface area (Å²) < 4.78 is 5.18. The number of carbonyl (C=O) groups excluding carboxylic acids is 2. The maximum absolute atomic E-state index is 11.5. The van der Waals surface area contributed by atoms with Gasteiger partial charge < -0.3 is 20.6 Å². The van der Waals surface area contributed by atoms with Crippen molar-refractivity contribution in [3.05, 3.63) is 23.6 Å². The van der Waals surface area contributed by atoms with Crippen molar-refractivity contribution in [2.24, 2.45) is 5.84 Å². The van der Waals surface area contributed by atoms with Crippen LogP contribution in [0.3, 0.4) is 0 Å². The molecule has 0 aliphatic carbocycles. The van der Waals surface area contributed by atoms with Crippen molar-refractivity contribution in [2.45, 2.75) is 6.42 Å². The first-order valence-electron chi connectivity index (χ1n) is 5.13. The van der Waals surface area contributed by atoms with E-state index in [1.807, 2.05) is 5.43 Å². The molecule has 0 bridgehead atoms. The second-order valence-corrected chi connectivity index (χ2v) is 3.29. The molecule has 5 N–H and O–H groups in total. The topological polar surface area (TPSA) is 114 Å². The Kier molecular flexibility index (Phi) is 5.18. The van der Waals surface area contributed by atoms with Gasteiger partial charge in [0.2, 0.25) is 5.78 Å². The van der Waals surface area contributed by atoms with Gasteiger partial charge in [-0.1, -0.05) is 6.08 Å². The number of ketones is 1. The van der Waals surface area contributed by atoms with Crippen LogP contribution in [0.15, 0.2) is 23.6 Å². The van der Waals surface area contributed by atoms with Gasteiger partial charge >= 0.3 is 0 Å². The van der Waals surface area contributed by atoms with Gasteiger partial charge in [0, 0.05) is 6.54 Å². The fraction of sp³-hybridized carbons (Fsp3) is 0.400. The maximum Gasteiger partial charge on any atom is 0.272 e. The highest BCUT2D eigenvalue weighted by Gasteiger charge is 2.18. The van der Waals surface area contributed by atoms with Gasteiger partial charge in [0.15, 0.2) is 11.5 Å². The first-order chi connectivity index (χ1) is 8.16. The summed E-state index contributed by atoms with van der Waals surface area (Å²) in [4.78, 5) is 22.9. The summed E-state index contributed by atoms with van der Waals surface area (Å²) in [6.07, 6.45) is 3.29. The summed E-state index contributed by atoms with van der Waals surface area (Å²) in [5.74, 6) is 3.04. The summed E-state index contributed by atoms with van der Waals surface area (Å²) in [5, 5.41) is 12.0. The van der Waals surface area contributed by atoms with E-state index in [1.165, 1.54) is 6.08 Å². The molecule has 0 radical (unpaired) electrons. The molecule has 0 fully saturated rings. The highest BCUT2D eigenvalue weighted by atomic mass is 16.5. The number of amides is 1. The molecule has 0 spiro atoms. The average molecular weight is 241 g/mol. The maximum atomic E-state index is 11.5. The minimum absolute atomic E-state index is 0.273. The Morgan fingerprint density at radius 1 is 1.41 bits per heavy atom. The summed E-state index contributed by atoms with van der Waals surface area (Å²) in [6.45, 7) is 1.08. The van der Waals surface area contributed by atoms with E-state index in [2.05, 4.69) is 5.32 Å². The Hall–Kier alpha value is -1.86. The van der Waals surface area contributed by atoms with E-state index in [0.29, 0.717) is 19.6 Å². The van der Waals surface area contributed by atoms with Gasteiger partial charge in [-0.3, -0.25) is 15.4 Å². The van der Waals surface area contributed by atoms with Crippen LogP contribution in [0.5, 0.6) is 0 Å². The lowest BCUT2D eigenvalue weighted by Gasteiger charge is -2.10. The number of aliphatic hydroxyl groups is 1. The van der Waals surface area contributed by atoms with Crippen molar-refractivity contribution in [2.75, 3.05) is 19.8 Å². The monoisotopic (exact) mass is 241 g/mol.